The highest BCUT2D eigenvalue weighted by molar-refractivity contribution is 5.90. The summed E-state index contributed by atoms with van der Waals surface area (Å²) in [6.07, 6.45) is -2.75. The summed E-state index contributed by atoms with van der Waals surface area (Å²) in [5, 5.41) is 13.6. The Bertz CT molecular complexity index is 1310. The van der Waals surface area contributed by atoms with Crippen molar-refractivity contribution in [2.24, 2.45) is 0 Å². The predicted molar refractivity (Wildman–Crippen MR) is 126 cm³/mol. The molecule has 3 aromatic rings. The quantitative estimate of drug-likeness (QED) is 0.527. The van der Waals surface area contributed by atoms with E-state index in [1.54, 1.807) is 18.2 Å². The number of H-pyrrole nitrogens is 1. The van der Waals surface area contributed by atoms with E-state index in [0.29, 0.717) is 29.3 Å². The summed E-state index contributed by atoms with van der Waals surface area (Å²) in [6.45, 7) is 2.30. The third-order valence-electron chi connectivity index (χ3n) is 7.01. The summed E-state index contributed by atoms with van der Waals surface area (Å²) < 4.78 is 40.4. The molecule has 0 saturated carbocycles. The van der Waals surface area contributed by atoms with Gasteiger partial charge >= 0.3 is 6.18 Å². The first-order chi connectivity index (χ1) is 16.7. The van der Waals surface area contributed by atoms with Crippen molar-refractivity contribution in [1.82, 2.24) is 15.2 Å². The van der Waals surface area contributed by atoms with E-state index in [4.69, 9.17) is 0 Å². The molecule has 2 unspecified atom stereocenters. The number of carbonyl (C=O) groups is 1. The number of halogens is 3. The van der Waals surface area contributed by atoms with Crippen LogP contribution in [0.3, 0.4) is 0 Å². The van der Waals surface area contributed by atoms with Crippen molar-refractivity contribution >= 4 is 16.7 Å². The maximum atomic E-state index is 13.5. The molecule has 0 radical (unpaired) electrons. The van der Waals surface area contributed by atoms with E-state index >= 15 is 0 Å². The van der Waals surface area contributed by atoms with Crippen LogP contribution < -0.4 is 10.9 Å². The number of fused-ring (bicyclic) bond motifs is 1. The molecule has 3 heterocycles. The summed E-state index contributed by atoms with van der Waals surface area (Å²) in [4.78, 5) is 30.4. The van der Waals surface area contributed by atoms with Crippen molar-refractivity contribution < 1.29 is 23.1 Å². The van der Waals surface area contributed by atoms with Gasteiger partial charge in [-0.1, -0.05) is 30.3 Å². The van der Waals surface area contributed by atoms with E-state index in [2.05, 4.69) is 15.2 Å². The molecule has 35 heavy (non-hydrogen) atoms. The average molecular weight is 486 g/mol. The lowest BCUT2D eigenvalue weighted by atomic mass is 9.93. The third-order valence-corrected chi connectivity index (χ3v) is 7.01. The zero-order chi connectivity index (χ0) is 24.7. The Kier molecular flexibility index (Phi) is 6.14. The average Bonchev–Trinajstić information content (AvgIpc) is 3.19. The van der Waals surface area contributed by atoms with Gasteiger partial charge < -0.3 is 20.3 Å². The topological polar surface area (TPSA) is 85.4 Å². The molecular weight excluding hydrogens is 459 g/mol. The zero-order valence-corrected chi connectivity index (χ0v) is 18.9. The number of rotatable bonds is 4. The third kappa shape index (κ3) is 4.83. The molecule has 2 atom stereocenters. The molecule has 3 N–H and O–H groups in total. The van der Waals surface area contributed by atoms with Gasteiger partial charge in [0.25, 0.3) is 5.56 Å². The van der Waals surface area contributed by atoms with Crippen molar-refractivity contribution in [3.8, 4) is 11.3 Å². The number of alkyl halides is 3. The van der Waals surface area contributed by atoms with Crippen molar-refractivity contribution in [2.45, 2.75) is 43.5 Å². The van der Waals surface area contributed by atoms with E-state index in [-0.39, 0.29) is 29.3 Å². The number of amides is 1. The number of piperidine rings is 1. The molecule has 6 nitrogen and oxygen atoms in total. The zero-order valence-electron chi connectivity index (χ0n) is 18.9. The predicted octanol–water partition coefficient (Wildman–Crippen LogP) is 3.64. The van der Waals surface area contributed by atoms with Crippen LogP contribution in [0.1, 0.15) is 36.3 Å². The maximum Gasteiger partial charge on any atom is 0.417 e. The second-order valence-electron chi connectivity index (χ2n) is 9.43. The van der Waals surface area contributed by atoms with Crippen LogP contribution >= 0.6 is 0 Å². The number of aliphatic hydroxyl groups excluding tert-OH is 1. The van der Waals surface area contributed by atoms with E-state index in [0.717, 1.165) is 32.0 Å². The van der Waals surface area contributed by atoms with Gasteiger partial charge in [-0.25, -0.2) is 0 Å². The Morgan fingerprint density at radius 3 is 2.51 bits per heavy atom. The normalized spacial score (nSPS) is 22.0. The second kappa shape index (κ2) is 9.13. The molecule has 1 amide bonds. The highest BCUT2D eigenvalue weighted by Gasteiger charge is 2.35. The summed E-state index contributed by atoms with van der Waals surface area (Å²) >= 11 is 0. The van der Waals surface area contributed by atoms with Crippen LogP contribution in [0.15, 0.2) is 53.3 Å². The number of nitrogens with one attached hydrogen (secondary N) is 2. The lowest BCUT2D eigenvalue weighted by Gasteiger charge is -2.31. The minimum atomic E-state index is -4.55. The van der Waals surface area contributed by atoms with Gasteiger partial charge in [0.15, 0.2) is 0 Å². The molecule has 1 aromatic heterocycles. The first-order valence-corrected chi connectivity index (χ1v) is 11.7. The van der Waals surface area contributed by atoms with Crippen LogP contribution in [0.4, 0.5) is 13.2 Å². The number of nitrogens with zero attached hydrogens (tertiary/aromatic N) is 1. The van der Waals surface area contributed by atoms with E-state index in [1.807, 2.05) is 0 Å². The number of aromatic amines is 1. The number of aromatic nitrogens is 1. The van der Waals surface area contributed by atoms with E-state index in [1.165, 1.54) is 24.3 Å². The van der Waals surface area contributed by atoms with Crippen molar-refractivity contribution in [1.29, 1.82) is 0 Å². The SMILES string of the molecule is O=C1NC(CN2CCC(O)CC2)CC1c1ccc2cc(-c3ccccc3C(F)(F)F)[nH]c(=O)c2c1. The molecule has 0 spiro atoms. The van der Waals surface area contributed by atoms with Gasteiger partial charge in [-0.15, -0.1) is 0 Å². The highest BCUT2D eigenvalue weighted by atomic mass is 19.4. The lowest BCUT2D eigenvalue weighted by Crippen LogP contribution is -2.43. The number of hydrogen-bond acceptors (Lipinski definition) is 4. The lowest BCUT2D eigenvalue weighted by molar-refractivity contribution is -0.137. The summed E-state index contributed by atoms with van der Waals surface area (Å²) in [7, 11) is 0. The summed E-state index contributed by atoms with van der Waals surface area (Å²) in [5.41, 5.74) is -0.609. The largest absolute Gasteiger partial charge is 0.417 e. The van der Waals surface area contributed by atoms with Gasteiger partial charge in [0.1, 0.15) is 0 Å². The van der Waals surface area contributed by atoms with Gasteiger partial charge in [-0.05, 0) is 48.4 Å². The minimum Gasteiger partial charge on any atom is -0.393 e. The molecular formula is C26H26F3N3O3. The number of aliphatic hydroxyl groups is 1. The van der Waals surface area contributed by atoms with Crippen LogP contribution in [-0.4, -0.2) is 52.7 Å². The summed E-state index contributed by atoms with van der Waals surface area (Å²) in [6, 6.07) is 11.8. The number of likely N-dealkylation sites (tertiary alicyclic amines) is 1. The molecule has 2 saturated heterocycles. The number of hydrogen-bond donors (Lipinski definition) is 3. The van der Waals surface area contributed by atoms with E-state index in [9.17, 15) is 27.9 Å². The first-order valence-electron chi connectivity index (χ1n) is 11.7. The van der Waals surface area contributed by atoms with Crippen LogP contribution in [0, 0.1) is 0 Å². The van der Waals surface area contributed by atoms with Gasteiger partial charge in [0, 0.05) is 42.3 Å². The molecule has 0 aliphatic carbocycles. The molecule has 2 aromatic carbocycles. The molecule has 2 aliphatic heterocycles. The fourth-order valence-electron chi connectivity index (χ4n) is 5.18. The number of carbonyl (C=O) groups excluding carboxylic acids is 1. The Balaban J connectivity index is 1.40. The second-order valence-corrected chi connectivity index (χ2v) is 9.43. The monoisotopic (exact) mass is 485 g/mol. The number of benzene rings is 2. The molecule has 2 fully saturated rings. The molecule has 0 bridgehead atoms. The number of pyridine rings is 1. The van der Waals surface area contributed by atoms with E-state index < -0.39 is 23.2 Å². The smallest absolute Gasteiger partial charge is 0.393 e. The maximum absolute atomic E-state index is 13.5. The van der Waals surface area contributed by atoms with Crippen LogP contribution in [0.2, 0.25) is 0 Å². The van der Waals surface area contributed by atoms with Crippen molar-refractivity contribution in [3.63, 3.8) is 0 Å². The molecule has 9 heteroatoms. The van der Waals surface area contributed by atoms with Crippen LogP contribution in [0.25, 0.3) is 22.0 Å². The minimum absolute atomic E-state index is 0.0158. The van der Waals surface area contributed by atoms with Crippen molar-refractivity contribution in [2.75, 3.05) is 19.6 Å². The summed E-state index contributed by atoms with van der Waals surface area (Å²) in [5.74, 6) is -0.497. The molecule has 184 valence electrons. The Labute approximate surface area is 199 Å². The van der Waals surface area contributed by atoms with Gasteiger partial charge in [0.05, 0.1) is 17.6 Å². The first kappa shape index (κ1) is 23.6. The van der Waals surface area contributed by atoms with Gasteiger partial charge in [-0.3, -0.25) is 9.59 Å². The fourth-order valence-corrected chi connectivity index (χ4v) is 5.18. The Hall–Kier alpha value is -3.17. The molecule has 5 rings (SSSR count). The fraction of sp³-hybridized carbons (Fsp3) is 0.385. The van der Waals surface area contributed by atoms with Crippen molar-refractivity contribution in [3.05, 3.63) is 70.0 Å². The standard InChI is InChI=1S/C26H26F3N3O3/c27-26(28,29)22-4-2-1-3-19(22)23-12-16-6-5-15(11-20(16)25(35)31-23)21-13-17(30-24(21)34)14-32-9-7-18(33)8-10-32/h1-6,11-12,17-18,21,33H,7-10,13-14H2,(H,30,34)(H,31,35). The van der Waals surface area contributed by atoms with Gasteiger partial charge in [-0.2, -0.15) is 13.2 Å². The van der Waals surface area contributed by atoms with Crippen LogP contribution in [0.5, 0.6) is 0 Å². The van der Waals surface area contributed by atoms with Crippen LogP contribution in [-0.2, 0) is 11.0 Å². The Morgan fingerprint density at radius 2 is 1.77 bits per heavy atom. The van der Waals surface area contributed by atoms with Gasteiger partial charge in [0.2, 0.25) is 5.91 Å². The Morgan fingerprint density at radius 1 is 1.03 bits per heavy atom. The molecule has 2 aliphatic rings. The highest BCUT2D eigenvalue weighted by Crippen LogP contribution is 2.37.